The first-order valence-electron chi connectivity index (χ1n) is 8.30. The Morgan fingerprint density at radius 1 is 1.08 bits per heavy atom. The lowest BCUT2D eigenvalue weighted by Gasteiger charge is -2.11. The van der Waals surface area contributed by atoms with Crippen LogP contribution in [0, 0.1) is 13.8 Å². The van der Waals surface area contributed by atoms with Crippen molar-refractivity contribution in [1.29, 1.82) is 0 Å². The zero-order chi connectivity index (χ0) is 18.5. The summed E-state index contributed by atoms with van der Waals surface area (Å²) in [7, 11) is 0. The van der Waals surface area contributed by atoms with E-state index in [1.807, 2.05) is 62.4 Å². The van der Waals surface area contributed by atoms with E-state index in [0.717, 1.165) is 16.7 Å². The van der Waals surface area contributed by atoms with Crippen molar-refractivity contribution in [1.82, 2.24) is 10.2 Å². The van der Waals surface area contributed by atoms with E-state index in [0.29, 0.717) is 11.6 Å². The molecule has 0 radical (unpaired) electrons. The first-order chi connectivity index (χ1) is 12.5. The van der Waals surface area contributed by atoms with E-state index in [-0.39, 0.29) is 12.5 Å². The lowest BCUT2D eigenvalue weighted by molar-refractivity contribution is -0.152. The molecule has 0 saturated carbocycles. The minimum Gasteiger partial charge on any atom is -0.482 e. The molecule has 1 aromatic heterocycles. The second-order valence-electron chi connectivity index (χ2n) is 6.06. The van der Waals surface area contributed by atoms with Crippen molar-refractivity contribution < 1.29 is 18.7 Å². The Labute approximate surface area is 151 Å². The molecule has 3 rings (SSSR count). The van der Waals surface area contributed by atoms with E-state index >= 15 is 0 Å². The van der Waals surface area contributed by atoms with Crippen molar-refractivity contribution in [3.63, 3.8) is 0 Å². The molecule has 0 amide bonds. The summed E-state index contributed by atoms with van der Waals surface area (Å²) in [6.07, 6.45) is -0.657. The summed E-state index contributed by atoms with van der Waals surface area (Å²) in [5, 5.41) is 7.94. The Balaban J connectivity index is 1.57. The van der Waals surface area contributed by atoms with Gasteiger partial charge in [0.25, 0.3) is 5.89 Å². The average molecular weight is 352 g/mol. The standard InChI is InChI=1S/C20H20N2O4/c1-13-9-14(2)11-17(10-13)24-12-18(23)25-15(3)19-21-22-20(26-19)16-7-5-4-6-8-16/h4-11,15H,12H2,1-3H3/t15-/m0/s1. The van der Waals surface area contributed by atoms with Crippen molar-refractivity contribution in [3.8, 4) is 17.2 Å². The zero-order valence-electron chi connectivity index (χ0n) is 14.9. The van der Waals surface area contributed by atoms with E-state index in [1.54, 1.807) is 6.92 Å². The number of aromatic nitrogens is 2. The Morgan fingerprint density at radius 3 is 2.46 bits per heavy atom. The molecule has 1 heterocycles. The van der Waals surface area contributed by atoms with E-state index in [9.17, 15) is 4.79 Å². The molecule has 0 saturated heterocycles. The Kier molecular flexibility index (Phi) is 5.31. The van der Waals surface area contributed by atoms with Crippen LogP contribution in [0.3, 0.4) is 0 Å². The quantitative estimate of drug-likeness (QED) is 0.623. The molecule has 0 aliphatic carbocycles. The number of aryl methyl sites for hydroxylation is 2. The van der Waals surface area contributed by atoms with Crippen molar-refractivity contribution in [3.05, 3.63) is 65.5 Å². The fourth-order valence-electron chi connectivity index (χ4n) is 2.54. The highest BCUT2D eigenvalue weighted by atomic mass is 16.6. The van der Waals surface area contributed by atoms with Gasteiger partial charge in [-0.05, 0) is 56.2 Å². The monoisotopic (exact) mass is 352 g/mol. The van der Waals surface area contributed by atoms with Crippen molar-refractivity contribution in [2.24, 2.45) is 0 Å². The third-order valence-corrected chi connectivity index (χ3v) is 3.67. The van der Waals surface area contributed by atoms with Crippen LogP contribution < -0.4 is 4.74 Å². The van der Waals surface area contributed by atoms with Crippen LogP contribution in [0.2, 0.25) is 0 Å². The summed E-state index contributed by atoms with van der Waals surface area (Å²) in [4.78, 5) is 12.0. The second kappa shape index (κ2) is 7.82. The van der Waals surface area contributed by atoms with E-state index < -0.39 is 12.1 Å². The second-order valence-corrected chi connectivity index (χ2v) is 6.06. The maximum atomic E-state index is 12.0. The number of hydrogen-bond donors (Lipinski definition) is 0. The SMILES string of the molecule is Cc1cc(C)cc(OCC(=O)O[C@@H](C)c2nnc(-c3ccccc3)o2)c1. The number of hydrogen-bond acceptors (Lipinski definition) is 6. The highest BCUT2D eigenvalue weighted by molar-refractivity contribution is 5.71. The van der Waals surface area contributed by atoms with Gasteiger partial charge in [0.05, 0.1) is 0 Å². The highest BCUT2D eigenvalue weighted by Crippen LogP contribution is 2.22. The van der Waals surface area contributed by atoms with Crippen LogP contribution in [-0.4, -0.2) is 22.8 Å². The van der Waals surface area contributed by atoms with Crippen LogP contribution in [0.25, 0.3) is 11.5 Å². The predicted octanol–water partition coefficient (Wildman–Crippen LogP) is 4.04. The van der Waals surface area contributed by atoms with Gasteiger partial charge in [-0.1, -0.05) is 24.3 Å². The minimum absolute atomic E-state index is 0.188. The van der Waals surface area contributed by atoms with Gasteiger partial charge < -0.3 is 13.9 Å². The molecule has 0 bridgehead atoms. The van der Waals surface area contributed by atoms with Gasteiger partial charge in [-0.2, -0.15) is 0 Å². The minimum atomic E-state index is -0.657. The average Bonchev–Trinajstić information content (AvgIpc) is 3.10. The summed E-state index contributed by atoms with van der Waals surface area (Å²) in [6, 6.07) is 15.2. The van der Waals surface area contributed by atoms with Gasteiger partial charge in [-0.25, -0.2) is 4.79 Å². The Morgan fingerprint density at radius 2 is 1.77 bits per heavy atom. The number of esters is 1. The molecule has 0 aliphatic rings. The molecule has 1 atom stereocenters. The van der Waals surface area contributed by atoms with Crippen LogP contribution in [-0.2, 0) is 9.53 Å². The zero-order valence-corrected chi connectivity index (χ0v) is 14.9. The van der Waals surface area contributed by atoms with Gasteiger partial charge in [0, 0.05) is 5.56 Å². The van der Waals surface area contributed by atoms with Gasteiger partial charge in [-0.3, -0.25) is 0 Å². The lowest BCUT2D eigenvalue weighted by atomic mass is 10.1. The van der Waals surface area contributed by atoms with Crippen molar-refractivity contribution in [2.45, 2.75) is 26.9 Å². The largest absolute Gasteiger partial charge is 0.482 e. The number of benzene rings is 2. The summed E-state index contributed by atoms with van der Waals surface area (Å²) in [5.41, 5.74) is 2.95. The lowest BCUT2D eigenvalue weighted by Crippen LogP contribution is -2.17. The normalized spacial score (nSPS) is 11.8. The maximum absolute atomic E-state index is 12.0. The molecule has 0 unspecified atom stereocenters. The number of rotatable bonds is 6. The van der Waals surface area contributed by atoms with Crippen LogP contribution >= 0.6 is 0 Å². The molecule has 0 fully saturated rings. The molecule has 26 heavy (non-hydrogen) atoms. The number of carbonyl (C=O) groups is 1. The number of ether oxygens (including phenoxy) is 2. The third kappa shape index (κ3) is 4.47. The molecule has 6 nitrogen and oxygen atoms in total. The van der Waals surface area contributed by atoms with Gasteiger partial charge in [-0.15, -0.1) is 10.2 Å². The summed E-state index contributed by atoms with van der Waals surface area (Å²) in [6.45, 7) is 5.43. The summed E-state index contributed by atoms with van der Waals surface area (Å²) >= 11 is 0. The van der Waals surface area contributed by atoms with Crippen LogP contribution in [0.5, 0.6) is 5.75 Å². The van der Waals surface area contributed by atoms with Gasteiger partial charge in [0.2, 0.25) is 5.89 Å². The van der Waals surface area contributed by atoms with E-state index in [2.05, 4.69) is 10.2 Å². The smallest absolute Gasteiger partial charge is 0.344 e. The molecular weight excluding hydrogens is 332 g/mol. The Hall–Kier alpha value is -3.15. The maximum Gasteiger partial charge on any atom is 0.344 e. The number of nitrogens with zero attached hydrogens (tertiary/aromatic N) is 2. The first-order valence-corrected chi connectivity index (χ1v) is 8.30. The molecular formula is C20H20N2O4. The van der Waals surface area contributed by atoms with Crippen molar-refractivity contribution >= 4 is 5.97 Å². The molecule has 3 aromatic rings. The van der Waals surface area contributed by atoms with Gasteiger partial charge in [0.15, 0.2) is 12.7 Å². The van der Waals surface area contributed by atoms with Crippen LogP contribution in [0.1, 0.15) is 30.0 Å². The third-order valence-electron chi connectivity index (χ3n) is 3.67. The van der Waals surface area contributed by atoms with E-state index in [1.165, 1.54) is 0 Å². The van der Waals surface area contributed by atoms with Crippen LogP contribution in [0.15, 0.2) is 52.9 Å². The highest BCUT2D eigenvalue weighted by Gasteiger charge is 2.19. The fourth-order valence-corrected chi connectivity index (χ4v) is 2.54. The van der Waals surface area contributed by atoms with E-state index in [4.69, 9.17) is 13.9 Å². The molecule has 0 aliphatic heterocycles. The molecule has 134 valence electrons. The predicted molar refractivity (Wildman–Crippen MR) is 95.7 cm³/mol. The molecule has 2 aromatic carbocycles. The van der Waals surface area contributed by atoms with Gasteiger partial charge in [0.1, 0.15) is 5.75 Å². The first kappa shape index (κ1) is 17.7. The Bertz CT molecular complexity index is 870. The molecule has 0 spiro atoms. The van der Waals surface area contributed by atoms with Crippen molar-refractivity contribution in [2.75, 3.05) is 6.61 Å². The summed E-state index contributed by atoms with van der Waals surface area (Å²) in [5.74, 6) is 0.756. The fraction of sp³-hybridized carbons (Fsp3) is 0.250. The van der Waals surface area contributed by atoms with Gasteiger partial charge >= 0.3 is 5.97 Å². The topological polar surface area (TPSA) is 74.5 Å². The number of carbonyl (C=O) groups excluding carboxylic acids is 1. The molecule has 0 N–H and O–H groups in total. The summed E-state index contributed by atoms with van der Waals surface area (Å²) < 4.78 is 16.4. The molecule has 6 heteroatoms. The van der Waals surface area contributed by atoms with Crippen LogP contribution in [0.4, 0.5) is 0 Å².